The van der Waals surface area contributed by atoms with Crippen molar-refractivity contribution < 1.29 is 34.1 Å². The van der Waals surface area contributed by atoms with Crippen LogP contribution in [0.4, 0.5) is 0 Å². The highest BCUT2D eigenvalue weighted by Gasteiger charge is 2.23. The highest BCUT2D eigenvalue weighted by Crippen LogP contribution is 2.15. The molecule has 0 bridgehead atoms. The summed E-state index contributed by atoms with van der Waals surface area (Å²) in [7, 11) is 0. The Kier molecular flexibility index (Phi) is 7.83. The minimum absolute atomic E-state index is 0.101. The molecule has 1 unspecified atom stereocenters. The number of hydrogen-bond donors (Lipinski definition) is 5. The van der Waals surface area contributed by atoms with Gasteiger partial charge < -0.3 is 26.0 Å². The fourth-order valence-electron chi connectivity index (χ4n) is 2.55. The van der Waals surface area contributed by atoms with Crippen LogP contribution in [0.1, 0.15) is 34.8 Å². The number of nitrogens with one attached hydrogen (secondary N) is 2. The van der Waals surface area contributed by atoms with Crippen molar-refractivity contribution in [2.45, 2.75) is 19.4 Å². The number of carbonyl (C=O) groups excluding carboxylic acids is 2. The van der Waals surface area contributed by atoms with E-state index in [1.807, 2.05) is 0 Å². The summed E-state index contributed by atoms with van der Waals surface area (Å²) in [5, 5.41) is 27.2. The lowest BCUT2D eigenvalue weighted by Gasteiger charge is -2.12. The van der Waals surface area contributed by atoms with E-state index in [1.165, 1.54) is 37.3 Å². The number of aliphatic carboxylic acids is 2. The Morgan fingerprint density at radius 1 is 1.03 bits per heavy atom. The number of carboxylic acids is 2. The van der Waals surface area contributed by atoms with Crippen molar-refractivity contribution in [3.63, 3.8) is 0 Å². The Morgan fingerprint density at radius 2 is 1.59 bits per heavy atom. The van der Waals surface area contributed by atoms with E-state index >= 15 is 0 Å². The molecule has 0 saturated heterocycles. The van der Waals surface area contributed by atoms with Crippen molar-refractivity contribution in [2.24, 2.45) is 5.73 Å². The minimum Gasteiger partial charge on any atom is -0.481 e. The zero-order valence-electron chi connectivity index (χ0n) is 17.0. The van der Waals surface area contributed by atoms with Crippen LogP contribution in [0.2, 0.25) is 0 Å². The molecule has 1 atom stereocenters. The number of rotatable bonds is 9. The van der Waals surface area contributed by atoms with Crippen LogP contribution in [0, 0.1) is 5.41 Å². The lowest BCUT2D eigenvalue weighted by molar-refractivity contribution is -0.146. The molecule has 166 valence electrons. The molecule has 10 nitrogen and oxygen atoms in total. The number of amidine groups is 1. The molecular formula is C22H21N3O7. The molecule has 0 heterocycles. The van der Waals surface area contributed by atoms with Crippen molar-refractivity contribution in [3.8, 4) is 5.75 Å². The molecule has 0 saturated carbocycles. The average molecular weight is 439 g/mol. The van der Waals surface area contributed by atoms with Crippen LogP contribution in [0.5, 0.6) is 5.75 Å². The molecule has 6 N–H and O–H groups in total. The predicted octanol–water partition coefficient (Wildman–Crippen LogP) is 1.64. The highest BCUT2D eigenvalue weighted by atomic mass is 16.5. The number of amides is 1. The number of hydrogen-bond acceptors (Lipinski definition) is 6. The molecule has 0 fully saturated rings. The molecule has 0 aliphatic heterocycles. The second-order valence-corrected chi connectivity index (χ2v) is 6.74. The predicted molar refractivity (Wildman–Crippen MR) is 114 cm³/mol. The van der Waals surface area contributed by atoms with Gasteiger partial charge in [0.1, 0.15) is 17.6 Å². The Bertz CT molecular complexity index is 1070. The van der Waals surface area contributed by atoms with Crippen LogP contribution in [0.25, 0.3) is 6.08 Å². The number of carbonyl (C=O) groups is 4. The Labute approximate surface area is 182 Å². The monoisotopic (exact) mass is 439 g/mol. The van der Waals surface area contributed by atoms with Gasteiger partial charge in [-0.05, 0) is 55.0 Å². The first-order valence-corrected chi connectivity index (χ1v) is 9.27. The maximum Gasteiger partial charge on any atom is 0.343 e. The van der Waals surface area contributed by atoms with Gasteiger partial charge in [0.05, 0.1) is 12.0 Å². The third kappa shape index (κ3) is 6.80. The van der Waals surface area contributed by atoms with E-state index in [4.69, 9.17) is 26.1 Å². The van der Waals surface area contributed by atoms with Crippen LogP contribution in [-0.4, -0.2) is 45.9 Å². The maximum atomic E-state index is 12.3. The number of carboxylic acid groups (broad SMARTS) is 2. The number of ether oxygens (including phenoxy) is 1. The van der Waals surface area contributed by atoms with Crippen molar-refractivity contribution in [2.75, 3.05) is 0 Å². The molecule has 2 aromatic rings. The summed E-state index contributed by atoms with van der Waals surface area (Å²) in [5.41, 5.74) is 6.85. The summed E-state index contributed by atoms with van der Waals surface area (Å²) in [6.07, 6.45) is 0.716. The van der Waals surface area contributed by atoms with Gasteiger partial charge in [-0.3, -0.25) is 15.0 Å². The normalized spacial score (nSPS) is 11.8. The number of nitrogen functional groups attached to an aromatic ring is 1. The Morgan fingerprint density at radius 3 is 2.09 bits per heavy atom. The van der Waals surface area contributed by atoms with Gasteiger partial charge in [0.25, 0.3) is 0 Å². The average Bonchev–Trinajstić information content (AvgIpc) is 2.73. The summed E-state index contributed by atoms with van der Waals surface area (Å²) in [6, 6.07) is 10.7. The minimum atomic E-state index is -1.55. The maximum absolute atomic E-state index is 12.3. The van der Waals surface area contributed by atoms with Crippen LogP contribution < -0.4 is 15.8 Å². The second-order valence-electron chi connectivity index (χ2n) is 6.74. The molecule has 0 aromatic heterocycles. The van der Waals surface area contributed by atoms with Gasteiger partial charge in [0, 0.05) is 11.1 Å². The largest absolute Gasteiger partial charge is 0.481 e. The van der Waals surface area contributed by atoms with Crippen molar-refractivity contribution in [3.05, 3.63) is 70.8 Å². The zero-order chi connectivity index (χ0) is 23.8. The lowest BCUT2D eigenvalue weighted by Crippen LogP contribution is -2.42. The van der Waals surface area contributed by atoms with Gasteiger partial charge >= 0.3 is 17.9 Å². The molecular weight excluding hydrogens is 418 g/mol. The molecule has 1 amide bonds. The van der Waals surface area contributed by atoms with Gasteiger partial charge in [0.15, 0.2) is 0 Å². The third-order valence-corrected chi connectivity index (χ3v) is 4.25. The number of nitrogens with two attached hydrogens (primary N) is 1. The summed E-state index contributed by atoms with van der Waals surface area (Å²) in [6.45, 7) is 1.45. The summed E-state index contributed by atoms with van der Waals surface area (Å²) in [5.74, 6) is -3.95. The van der Waals surface area contributed by atoms with Gasteiger partial charge in [-0.25, -0.2) is 9.59 Å². The summed E-state index contributed by atoms with van der Waals surface area (Å²) in [4.78, 5) is 46.2. The first kappa shape index (κ1) is 23.8. The Hall–Kier alpha value is -4.47. The van der Waals surface area contributed by atoms with Gasteiger partial charge in [-0.15, -0.1) is 0 Å². The fraction of sp³-hybridized carbons (Fsp3) is 0.136. The third-order valence-electron chi connectivity index (χ3n) is 4.25. The standard InChI is InChI=1S/C22H21N3O7/c1-12(20(28)25-17(21(29)30)11-18(26)27)10-13-2-4-15(5-3-13)22(31)32-16-8-6-14(7-9-16)19(23)24/h2-10,17H,11H2,1H3,(H3,23,24)(H,25,28)(H,26,27)(H,29,30)/b12-10+. The van der Waals surface area contributed by atoms with Crippen molar-refractivity contribution in [1.29, 1.82) is 5.41 Å². The lowest BCUT2D eigenvalue weighted by atomic mass is 10.1. The van der Waals surface area contributed by atoms with E-state index in [-0.39, 0.29) is 22.7 Å². The van der Waals surface area contributed by atoms with Crippen LogP contribution >= 0.6 is 0 Å². The second kappa shape index (κ2) is 10.5. The number of esters is 1. The summed E-state index contributed by atoms with van der Waals surface area (Å²) >= 11 is 0. The first-order valence-electron chi connectivity index (χ1n) is 9.27. The van der Waals surface area contributed by atoms with Gasteiger partial charge in [-0.2, -0.15) is 0 Å². The van der Waals surface area contributed by atoms with Crippen molar-refractivity contribution in [1.82, 2.24) is 5.32 Å². The van der Waals surface area contributed by atoms with E-state index in [9.17, 15) is 19.2 Å². The van der Waals surface area contributed by atoms with E-state index in [2.05, 4.69) is 5.32 Å². The molecule has 2 aromatic carbocycles. The van der Waals surface area contributed by atoms with Crippen LogP contribution in [-0.2, 0) is 14.4 Å². The topological polar surface area (TPSA) is 180 Å². The molecule has 0 aliphatic carbocycles. The molecule has 0 spiro atoms. The fourth-order valence-corrected chi connectivity index (χ4v) is 2.55. The first-order chi connectivity index (χ1) is 15.1. The van der Waals surface area contributed by atoms with Gasteiger partial charge in [-0.1, -0.05) is 12.1 Å². The van der Waals surface area contributed by atoms with Crippen molar-refractivity contribution >= 4 is 35.7 Å². The number of benzene rings is 2. The quantitative estimate of drug-likeness (QED) is 0.128. The molecule has 32 heavy (non-hydrogen) atoms. The van der Waals surface area contributed by atoms with Gasteiger partial charge in [0.2, 0.25) is 5.91 Å². The van der Waals surface area contributed by atoms with E-state index in [1.54, 1.807) is 24.3 Å². The van der Waals surface area contributed by atoms with E-state index < -0.39 is 36.3 Å². The smallest absolute Gasteiger partial charge is 0.343 e. The van der Waals surface area contributed by atoms with Crippen LogP contribution in [0.15, 0.2) is 54.1 Å². The van der Waals surface area contributed by atoms with E-state index in [0.29, 0.717) is 11.1 Å². The SMILES string of the molecule is C/C(=C\c1ccc(C(=O)Oc2ccc(C(=N)N)cc2)cc1)C(=O)NC(CC(=O)O)C(=O)O. The highest BCUT2D eigenvalue weighted by molar-refractivity contribution is 6.00. The summed E-state index contributed by atoms with van der Waals surface area (Å²) < 4.78 is 5.26. The molecule has 10 heteroatoms. The molecule has 0 aliphatic rings. The Balaban J connectivity index is 2.03. The molecule has 2 rings (SSSR count). The zero-order valence-corrected chi connectivity index (χ0v) is 17.0. The molecule has 0 radical (unpaired) electrons. The van der Waals surface area contributed by atoms with Crippen LogP contribution in [0.3, 0.4) is 0 Å². The van der Waals surface area contributed by atoms with E-state index in [0.717, 1.165) is 0 Å².